The predicted molar refractivity (Wildman–Crippen MR) is 534 cm³/mol. The van der Waals surface area contributed by atoms with Gasteiger partial charge in [-0.2, -0.15) is 0 Å². The summed E-state index contributed by atoms with van der Waals surface area (Å²) in [6.45, 7) is 28.3. The Hall–Kier alpha value is -12.9. The fourth-order valence-electron chi connectivity index (χ4n) is 25.3. The minimum absolute atomic E-state index is 0.279. The maximum absolute atomic E-state index is 6.33. The van der Waals surface area contributed by atoms with Gasteiger partial charge < -0.3 is 51.5 Å². The first-order valence-corrected chi connectivity index (χ1v) is 48.2. The molecular weight excluding hydrogens is 1640 g/mol. The van der Waals surface area contributed by atoms with E-state index in [-0.39, 0.29) is 12.3 Å². The standard InChI is InChI=1S/3C24H23N3O.2C20H23N3O/c1-14-10-11-18-19-9-6-12-25-24(19)28-23(18)22(14)27-15(2)26(3)20-13-21(27)17-8-5-4-7-16(17)20;1-15-9-10-19-20-7-5-12-25-24(20)28-23(19)22(15)27-16(2)26-13-11-18(27)14-17-6-3-4-8-21(17)26;1-15-9-10-19-20-8-5-12-25-24(20)28-23(19)22(15)27-16(2)26-13-11-21(27)18-7-4-3-6-17(18)14-26;1-12-6-9-16-17-5-4-10-21-20(17)24-19(16)18(12)23-13(2)22(3)14-7-8-15(23)11-14;1-13-7-8-16-17-6-3-10-21-20(17)24-19(16)18(13)23-14(2)22-11-4-5-15(23)9-12-22/h4-12,15,20-21H,13H2,1-3H3;3-10,12,16,18H,11,13-14H2,1-2H3;3-10,12,16,21H,11,13-14H2,1-2H3;4-6,9-10,13-15H,7-8,11H2,1-3H3;3,6-8,10,14-15H,4-5,9,11-12H2,1-2H3/t15-,20?,21?;16-,18?;16-,21?;13-,14?,15?;14-,15?/m00000/s1. The Morgan fingerprint density at radius 1 is 0.280 bits per heavy atom. The molecule has 20 heteroatoms. The molecule has 10 aromatic heterocycles. The van der Waals surface area contributed by atoms with Gasteiger partial charge in [0.25, 0.3) is 0 Å². The quantitative estimate of drug-likeness (QED) is 0.160. The molecule has 0 spiro atoms. The number of furan rings is 5. The van der Waals surface area contributed by atoms with Crippen molar-refractivity contribution in [2.24, 2.45) is 0 Å². The van der Waals surface area contributed by atoms with E-state index in [2.05, 4.69) is 321 Å². The molecule has 132 heavy (non-hydrogen) atoms. The number of aryl methyl sites for hydroxylation is 5. The molecule has 31 rings (SSSR count). The molecule has 2 aliphatic carbocycles. The maximum atomic E-state index is 6.33. The van der Waals surface area contributed by atoms with Crippen LogP contribution in [0.5, 0.6) is 0 Å². The van der Waals surface area contributed by atoms with Crippen molar-refractivity contribution in [2.75, 3.05) is 69.7 Å². The van der Waals surface area contributed by atoms with Gasteiger partial charge >= 0.3 is 0 Å². The first kappa shape index (κ1) is 82.3. The van der Waals surface area contributed by atoms with Crippen molar-refractivity contribution in [1.29, 1.82) is 0 Å². The molecule has 8 fully saturated rings. The molecule has 21 heterocycles. The highest BCUT2D eigenvalue weighted by Crippen LogP contribution is 2.56. The fourth-order valence-corrected chi connectivity index (χ4v) is 25.3. The number of rotatable bonds is 5. The van der Waals surface area contributed by atoms with E-state index in [1.54, 1.807) is 31.0 Å². The Morgan fingerprint density at radius 3 is 1.16 bits per heavy atom. The molecular formula is C112H115N15O5. The minimum Gasteiger partial charge on any atom is -0.436 e. The lowest BCUT2D eigenvalue weighted by Gasteiger charge is -2.47. The van der Waals surface area contributed by atoms with Crippen LogP contribution in [-0.4, -0.2) is 140 Å². The van der Waals surface area contributed by atoms with Crippen LogP contribution in [0.4, 0.5) is 34.1 Å². The summed E-state index contributed by atoms with van der Waals surface area (Å²) in [6, 6.07) is 72.9. The molecule has 20 nitrogen and oxygen atoms in total. The van der Waals surface area contributed by atoms with Gasteiger partial charge in [0.2, 0.25) is 28.6 Å². The molecule has 13 aliphatic rings. The van der Waals surface area contributed by atoms with Crippen molar-refractivity contribution in [1.82, 2.24) is 44.5 Å². The number of para-hydroxylation sites is 1. The third-order valence-corrected chi connectivity index (χ3v) is 32.1. The summed E-state index contributed by atoms with van der Waals surface area (Å²) in [5.41, 5.74) is 29.7. The van der Waals surface area contributed by atoms with Crippen molar-refractivity contribution in [3.63, 3.8) is 0 Å². The number of benzene rings is 8. The summed E-state index contributed by atoms with van der Waals surface area (Å²) in [5, 5.41) is 11.3. The van der Waals surface area contributed by atoms with Crippen LogP contribution in [0.15, 0.2) is 247 Å². The molecule has 18 aromatic rings. The predicted octanol–water partition coefficient (Wildman–Crippen LogP) is 24.9. The van der Waals surface area contributed by atoms with Gasteiger partial charge in [0.1, 0.15) is 0 Å². The van der Waals surface area contributed by atoms with Gasteiger partial charge in [-0.05, 0) is 270 Å². The van der Waals surface area contributed by atoms with Crippen molar-refractivity contribution in [2.45, 2.75) is 213 Å². The van der Waals surface area contributed by atoms with Gasteiger partial charge in [0.05, 0.1) is 71.3 Å². The third kappa shape index (κ3) is 13.2. The van der Waals surface area contributed by atoms with Crippen LogP contribution in [0, 0.1) is 34.6 Å². The van der Waals surface area contributed by atoms with Crippen molar-refractivity contribution >= 4 is 144 Å². The number of hydrogen-bond donors (Lipinski definition) is 0. The number of fused-ring (bicyclic) bond motifs is 30. The maximum Gasteiger partial charge on any atom is 0.227 e. The summed E-state index contributed by atoms with van der Waals surface area (Å²) in [5.74, 6) is 0. The summed E-state index contributed by atoms with van der Waals surface area (Å²) in [4.78, 5) is 48.0. The van der Waals surface area contributed by atoms with E-state index in [4.69, 9.17) is 22.1 Å². The average Bonchev–Trinajstić information content (AvgIpc) is 1.56. The first-order chi connectivity index (χ1) is 64.5. The van der Waals surface area contributed by atoms with Crippen LogP contribution in [0.1, 0.15) is 166 Å². The van der Waals surface area contributed by atoms with Crippen LogP contribution in [0.25, 0.3) is 110 Å². The lowest BCUT2D eigenvalue weighted by Crippen LogP contribution is -2.56. The number of pyridine rings is 5. The van der Waals surface area contributed by atoms with Crippen LogP contribution in [0.2, 0.25) is 0 Å². The minimum atomic E-state index is 0.279. The smallest absolute Gasteiger partial charge is 0.227 e. The topological polar surface area (TPSA) is 163 Å². The monoisotopic (exact) mass is 1750 g/mol. The van der Waals surface area contributed by atoms with Crippen LogP contribution >= 0.6 is 0 Å². The molecule has 9 unspecified atom stereocenters. The molecule has 0 amide bonds. The lowest BCUT2D eigenvalue weighted by molar-refractivity contribution is 0.131. The Bertz CT molecular complexity index is 7270. The Balaban J connectivity index is 0.0000000912. The zero-order valence-corrected chi connectivity index (χ0v) is 77.6. The summed E-state index contributed by atoms with van der Waals surface area (Å²) >= 11 is 0. The summed E-state index contributed by atoms with van der Waals surface area (Å²) in [6.07, 6.45) is 22.8. The molecule has 11 aliphatic heterocycles. The van der Waals surface area contributed by atoms with Crippen LogP contribution in [0.3, 0.4) is 0 Å². The number of aromatic nitrogens is 5. The number of hydrogen-bond acceptors (Lipinski definition) is 20. The molecule has 1 saturated carbocycles. The highest BCUT2D eigenvalue weighted by Gasteiger charge is 2.49. The van der Waals surface area contributed by atoms with Gasteiger partial charge in [0.15, 0.2) is 27.9 Å². The van der Waals surface area contributed by atoms with Crippen LogP contribution in [-0.2, 0) is 13.0 Å². The van der Waals surface area contributed by atoms with Gasteiger partial charge in [-0.15, -0.1) is 0 Å². The fraction of sp³-hybridized carbons (Fsp3) is 0.348. The highest BCUT2D eigenvalue weighted by atomic mass is 16.4. The summed E-state index contributed by atoms with van der Waals surface area (Å²) < 4.78 is 31.5. The average molecular weight is 1750 g/mol. The second-order valence-corrected chi connectivity index (χ2v) is 38.9. The zero-order valence-electron chi connectivity index (χ0n) is 77.6. The van der Waals surface area contributed by atoms with Crippen molar-refractivity contribution < 1.29 is 22.1 Å². The normalized spacial score (nSPS) is 24.7. The first-order valence-electron chi connectivity index (χ1n) is 48.2. The van der Waals surface area contributed by atoms with Crippen molar-refractivity contribution in [3.05, 3.63) is 281 Å². The van der Waals surface area contributed by atoms with E-state index in [0.29, 0.717) is 60.5 Å². The van der Waals surface area contributed by atoms with E-state index in [9.17, 15) is 0 Å². The third-order valence-electron chi connectivity index (χ3n) is 32.1. The molecule has 8 aromatic carbocycles. The van der Waals surface area contributed by atoms with Gasteiger partial charge in [-0.25, -0.2) is 24.9 Å². The van der Waals surface area contributed by atoms with Crippen LogP contribution < -0.4 is 29.4 Å². The van der Waals surface area contributed by atoms with Gasteiger partial charge in [0, 0.05) is 153 Å². The number of nitrogens with zero attached hydrogens (tertiary/aromatic N) is 15. The van der Waals surface area contributed by atoms with E-state index >= 15 is 0 Å². The van der Waals surface area contributed by atoms with E-state index in [1.807, 2.05) is 30.3 Å². The second-order valence-electron chi connectivity index (χ2n) is 38.9. The van der Waals surface area contributed by atoms with E-state index in [0.717, 1.165) is 145 Å². The van der Waals surface area contributed by atoms with E-state index in [1.165, 1.54) is 152 Å². The Kier molecular flexibility index (Phi) is 20.3. The second kappa shape index (κ2) is 32.6. The lowest BCUT2D eigenvalue weighted by atomic mass is 9.95. The van der Waals surface area contributed by atoms with E-state index < -0.39 is 0 Å². The zero-order chi connectivity index (χ0) is 89.3. The number of anilines is 6. The molecule has 14 atom stereocenters. The molecule has 0 radical (unpaired) electrons. The van der Waals surface area contributed by atoms with Gasteiger partial charge in [-0.1, -0.05) is 127 Å². The Labute approximate surface area is 770 Å². The van der Waals surface area contributed by atoms with Gasteiger partial charge in [-0.3, -0.25) is 19.6 Å². The molecule has 7 saturated heterocycles. The summed E-state index contributed by atoms with van der Waals surface area (Å²) in [7, 11) is 4.51. The Morgan fingerprint density at radius 2 is 0.667 bits per heavy atom. The SMILES string of the molecule is Cc1ccc2c(oc3ncccc32)c1N1C2CC(c3ccccc32)N(C)[C@@H]1C.Cc1ccc2c(oc3ncccc32)c1N1C2CCC(C2)N(C)[C@@H]1C.Cc1ccc2c(oc3ncccc32)c1N1C2CCCN(CC2)[C@@H]1C.Cc1ccc2c(oc3ncccc32)c1N1C2CCN(Cc3ccccc32)[C@@H]1C.Cc1ccc2c(oc3ncccc32)c1N1C2CCN(c3ccccc3C2)[C@@H]1C. The molecule has 10 bridgehead atoms. The molecule has 0 N–H and O–H groups in total. The largest absolute Gasteiger partial charge is 0.436 e. The highest BCUT2D eigenvalue weighted by molar-refractivity contribution is 6.13. The van der Waals surface area contributed by atoms with Crippen molar-refractivity contribution in [3.8, 4) is 0 Å². The molecule has 668 valence electrons.